The molecule has 0 saturated heterocycles. The van der Waals surface area contributed by atoms with Gasteiger partial charge in [0.1, 0.15) is 12.4 Å². The first-order valence-corrected chi connectivity index (χ1v) is 12.3. The van der Waals surface area contributed by atoms with E-state index in [1.807, 2.05) is 24.5 Å². The fourth-order valence-corrected chi connectivity index (χ4v) is 3.67. The van der Waals surface area contributed by atoms with Gasteiger partial charge in [-0.05, 0) is 24.1 Å². The Bertz CT molecular complexity index is 794. The lowest BCUT2D eigenvalue weighted by atomic mass is 10.1. The van der Waals surface area contributed by atoms with E-state index in [9.17, 15) is 9.18 Å². The van der Waals surface area contributed by atoms with Crippen molar-refractivity contribution in [3.05, 3.63) is 65.7 Å². The van der Waals surface area contributed by atoms with Gasteiger partial charge in [-0.2, -0.15) is 5.10 Å². The van der Waals surface area contributed by atoms with Gasteiger partial charge < -0.3 is 24.0 Å². The number of pyridine rings is 1. The van der Waals surface area contributed by atoms with Crippen LogP contribution in [-0.4, -0.2) is 12.1 Å². The number of unbranched alkanes of at least 4 members (excludes halogenated alkanes) is 11. The Kier molecular flexibility index (Phi) is 16.4. The Balaban J connectivity index is 0.00000544. The number of hydrazone groups is 1. The number of carbonyl (C=O) groups is 1. The highest BCUT2D eigenvalue weighted by molar-refractivity contribution is 5.94. The van der Waals surface area contributed by atoms with Gasteiger partial charge >= 0.3 is 0 Å². The minimum atomic E-state index is -0.299. The minimum absolute atomic E-state index is 0. The lowest BCUT2D eigenvalue weighted by Gasteiger charge is -2.02. The monoisotopic (exact) mass is 567 g/mol. The van der Waals surface area contributed by atoms with Crippen molar-refractivity contribution in [3.63, 3.8) is 0 Å². The molecule has 2 aromatic rings. The third-order valence-corrected chi connectivity index (χ3v) is 5.67. The van der Waals surface area contributed by atoms with Crippen LogP contribution in [0.1, 0.15) is 99.9 Å². The number of carbonyl (C=O) groups excluding carboxylic acids is 1. The van der Waals surface area contributed by atoms with Crippen LogP contribution in [0.15, 0.2) is 53.9 Å². The Morgan fingerprint density at radius 3 is 1.91 bits per heavy atom. The van der Waals surface area contributed by atoms with Gasteiger partial charge in [-0.15, -0.1) is 0 Å². The molecule has 0 bridgehead atoms. The van der Waals surface area contributed by atoms with Gasteiger partial charge in [-0.3, -0.25) is 4.79 Å². The van der Waals surface area contributed by atoms with E-state index < -0.39 is 0 Å². The number of rotatable bonds is 16. The summed E-state index contributed by atoms with van der Waals surface area (Å²) in [6.45, 7) is 3.24. The molecule has 0 aliphatic carbocycles. The summed E-state index contributed by atoms with van der Waals surface area (Å²) in [6, 6.07) is 9.54. The summed E-state index contributed by atoms with van der Waals surface area (Å²) in [5, 5.41) is 3.93. The van der Waals surface area contributed by atoms with Crippen molar-refractivity contribution in [2.75, 3.05) is 0 Å². The van der Waals surface area contributed by atoms with Crippen molar-refractivity contribution in [2.45, 2.75) is 90.5 Å². The molecule has 33 heavy (non-hydrogen) atoms. The quantitative estimate of drug-likeness (QED) is 0.109. The first-order valence-electron chi connectivity index (χ1n) is 12.3. The molecule has 182 valence electrons. The Labute approximate surface area is 216 Å². The van der Waals surface area contributed by atoms with Crippen molar-refractivity contribution in [2.24, 2.45) is 5.10 Å². The van der Waals surface area contributed by atoms with Crippen LogP contribution in [0.25, 0.3) is 0 Å². The zero-order chi connectivity index (χ0) is 22.9. The van der Waals surface area contributed by atoms with Crippen molar-refractivity contribution in [1.82, 2.24) is 5.43 Å². The van der Waals surface area contributed by atoms with Crippen LogP contribution in [0, 0.1) is 5.82 Å². The maximum Gasteiger partial charge on any atom is 0.271 e. The highest BCUT2D eigenvalue weighted by Crippen LogP contribution is 2.12. The van der Waals surface area contributed by atoms with Gasteiger partial charge in [0, 0.05) is 18.6 Å². The van der Waals surface area contributed by atoms with E-state index >= 15 is 0 Å². The smallest absolute Gasteiger partial charge is 0.271 e. The second-order valence-electron chi connectivity index (χ2n) is 8.46. The summed E-state index contributed by atoms with van der Waals surface area (Å²) in [5.41, 5.74) is 3.79. The maximum atomic E-state index is 12.9. The lowest BCUT2D eigenvalue weighted by molar-refractivity contribution is -0.697. The molecule has 0 atom stereocenters. The molecule has 1 heterocycles. The van der Waals surface area contributed by atoms with Gasteiger partial charge in [0.25, 0.3) is 5.91 Å². The first kappa shape index (κ1) is 29.2. The molecule has 1 N–H and O–H groups in total. The van der Waals surface area contributed by atoms with Crippen LogP contribution < -0.4 is 34.0 Å². The molecule has 0 aliphatic heterocycles. The zero-order valence-electron chi connectivity index (χ0n) is 19.9. The number of aryl methyl sites for hydroxylation is 1. The third-order valence-electron chi connectivity index (χ3n) is 5.67. The van der Waals surface area contributed by atoms with Crippen LogP contribution in [0.3, 0.4) is 0 Å². The Hall–Kier alpha value is -1.83. The average molecular weight is 568 g/mol. The summed E-state index contributed by atoms with van der Waals surface area (Å²) in [7, 11) is 0. The average Bonchev–Trinajstić information content (AvgIpc) is 2.81. The van der Waals surface area contributed by atoms with Crippen LogP contribution in [0.5, 0.6) is 0 Å². The molecule has 4 nitrogen and oxygen atoms in total. The van der Waals surface area contributed by atoms with E-state index in [4.69, 9.17) is 0 Å². The van der Waals surface area contributed by atoms with Crippen molar-refractivity contribution in [1.29, 1.82) is 0 Å². The Morgan fingerprint density at radius 2 is 1.36 bits per heavy atom. The third kappa shape index (κ3) is 13.5. The molecule has 1 aromatic carbocycles. The minimum Gasteiger partial charge on any atom is -1.00 e. The normalized spacial score (nSPS) is 10.8. The SMILES string of the molecule is CCCCCCCCCCCCCC[n+]1ccc(C(=O)NN=Cc2ccc(F)cc2)cc1.[I-]. The van der Waals surface area contributed by atoms with Gasteiger partial charge in [-0.25, -0.2) is 14.4 Å². The topological polar surface area (TPSA) is 45.3 Å². The number of nitrogens with one attached hydrogen (secondary N) is 1. The Morgan fingerprint density at radius 1 is 0.848 bits per heavy atom. The summed E-state index contributed by atoms with van der Waals surface area (Å²) < 4.78 is 15.0. The predicted molar refractivity (Wildman–Crippen MR) is 129 cm³/mol. The number of amides is 1. The van der Waals surface area contributed by atoms with Gasteiger partial charge in [-0.1, -0.05) is 83.3 Å². The van der Waals surface area contributed by atoms with E-state index in [0.717, 1.165) is 18.5 Å². The van der Waals surface area contributed by atoms with E-state index in [0.29, 0.717) is 5.56 Å². The fraction of sp³-hybridized carbons (Fsp3) is 0.519. The number of halogens is 2. The van der Waals surface area contributed by atoms with E-state index in [1.54, 1.807) is 12.1 Å². The summed E-state index contributed by atoms with van der Waals surface area (Å²) >= 11 is 0. The second-order valence-corrected chi connectivity index (χ2v) is 8.46. The standard InChI is InChI=1S/C27H38FN3O.HI/c1-2-3-4-5-6-7-8-9-10-11-12-13-20-31-21-18-25(19-22-31)27(32)30-29-23-24-14-16-26(28)17-15-24;/h14-19,21-23H,2-13,20H2,1H3;1H. The van der Waals surface area contributed by atoms with Crippen LogP contribution >= 0.6 is 0 Å². The molecule has 0 aliphatic rings. The molecular weight excluding hydrogens is 528 g/mol. The van der Waals surface area contributed by atoms with Gasteiger partial charge in [0.15, 0.2) is 12.4 Å². The second kappa shape index (κ2) is 18.6. The van der Waals surface area contributed by atoms with Crippen LogP contribution in [0.4, 0.5) is 4.39 Å². The molecule has 2 rings (SSSR count). The number of benzene rings is 1. The van der Waals surface area contributed by atoms with E-state index in [2.05, 4.69) is 22.0 Å². The predicted octanol–water partition coefficient (Wildman–Crippen LogP) is 3.58. The van der Waals surface area contributed by atoms with Crippen molar-refractivity contribution >= 4 is 12.1 Å². The van der Waals surface area contributed by atoms with Gasteiger partial charge in [0.2, 0.25) is 0 Å². The molecule has 1 aromatic heterocycles. The first-order chi connectivity index (χ1) is 15.7. The molecule has 0 fully saturated rings. The van der Waals surface area contributed by atoms with Crippen molar-refractivity contribution in [3.8, 4) is 0 Å². The fourth-order valence-electron chi connectivity index (χ4n) is 3.67. The highest BCUT2D eigenvalue weighted by atomic mass is 127. The zero-order valence-corrected chi connectivity index (χ0v) is 22.1. The van der Waals surface area contributed by atoms with Gasteiger partial charge in [0.05, 0.1) is 11.8 Å². The molecule has 0 saturated carbocycles. The number of hydrogen-bond donors (Lipinski definition) is 1. The molecule has 1 amide bonds. The maximum absolute atomic E-state index is 12.9. The van der Waals surface area contributed by atoms with E-state index in [1.165, 1.54) is 89.0 Å². The highest BCUT2D eigenvalue weighted by Gasteiger charge is 2.07. The van der Waals surface area contributed by atoms with Crippen LogP contribution in [-0.2, 0) is 6.54 Å². The molecular formula is C27H39FIN3O. The molecule has 0 unspecified atom stereocenters. The lowest BCUT2D eigenvalue weighted by Crippen LogP contribution is -3.00. The summed E-state index contributed by atoms with van der Waals surface area (Å²) in [6.07, 6.45) is 21.5. The molecule has 0 radical (unpaired) electrons. The van der Waals surface area contributed by atoms with E-state index in [-0.39, 0.29) is 35.7 Å². The van der Waals surface area contributed by atoms with Crippen molar-refractivity contribution < 1.29 is 37.7 Å². The summed E-state index contributed by atoms with van der Waals surface area (Å²) in [5.74, 6) is -0.562. The van der Waals surface area contributed by atoms with Crippen LogP contribution in [0.2, 0.25) is 0 Å². The number of hydrogen-bond acceptors (Lipinski definition) is 2. The largest absolute Gasteiger partial charge is 1.00 e. The number of aromatic nitrogens is 1. The number of nitrogens with zero attached hydrogens (tertiary/aromatic N) is 2. The molecule has 0 spiro atoms. The molecule has 6 heteroatoms. The summed E-state index contributed by atoms with van der Waals surface area (Å²) in [4.78, 5) is 12.2.